The number of carbonyl (C=O) groups is 2. The van der Waals surface area contributed by atoms with Gasteiger partial charge in [0.25, 0.3) is 15.9 Å². The number of carbonyl (C=O) groups excluding carboxylic acids is 2. The number of fused-ring (bicyclic) bond motifs is 1. The van der Waals surface area contributed by atoms with Crippen LogP contribution >= 0.6 is 0 Å². The van der Waals surface area contributed by atoms with Gasteiger partial charge in [-0.25, -0.2) is 17.5 Å². The van der Waals surface area contributed by atoms with Gasteiger partial charge in [0.05, 0.1) is 19.3 Å². The lowest BCUT2D eigenvalue weighted by Crippen LogP contribution is -2.48. The average Bonchev–Trinajstić information content (AvgIpc) is 2.85. The molecule has 0 aliphatic carbocycles. The maximum Gasteiger partial charge on any atom is 0.338 e. The molecule has 0 bridgehead atoms. The zero-order valence-corrected chi connectivity index (χ0v) is 19.5. The number of nitrogens with two attached hydrogens (primary N) is 1. The van der Waals surface area contributed by atoms with Crippen LogP contribution < -0.4 is 20.7 Å². The molecule has 0 spiro atoms. The van der Waals surface area contributed by atoms with Gasteiger partial charge in [0, 0.05) is 24.8 Å². The molecule has 176 valence electrons. The van der Waals surface area contributed by atoms with Gasteiger partial charge < -0.3 is 15.8 Å². The van der Waals surface area contributed by atoms with Crippen LogP contribution in [-0.2, 0) is 23.1 Å². The Morgan fingerprint density at radius 2 is 1.65 bits per heavy atom. The first-order valence-electron chi connectivity index (χ1n) is 10.4. The molecule has 0 saturated heterocycles. The van der Waals surface area contributed by atoms with Crippen molar-refractivity contribution in [3.8, 4) is 5.75 Å². The second-order valence-corrected chi connectivity index (χ2v) is 9.64. The highest BCUT2D eigenvalue weighted by atomic mass is 32.2. The van der Waals surface area contributed by atoms with E-state index >= 15 is 0 Å². The Bertz CT molecular complexity index is 1340. The van der Waals surface area contributed by atoms with Gasteiger partial charge in [0.1, 0.15) is 10.6 Å². The van der Waals surface area contributed by atoms with E-state index in [1.54, 1.807) is 43.5 Å². The lowest BCUT2D eigenvalue weighted by molar-refractivity contribution is 0.0950. The van der Waals surface area contributed by atoms with Crippen molar-refractivity contribution in [1.82, 2.24) is 9.62 Å². The van der Waals surface area contributed by atoms with Crippen LogP contribution in [0.4, 0.5) is 16.2 Å². The van der Waals surface area contributed by atoms with E-state index in [2.05, 4.69) is 5.32 Å². The molecule has 0 fully saturated rings. The zero-order chi connectivity index (χ0) is 24.5. The summed E-state index contributed by atoms with van der Waals surface area (Å²) in [7, 11) is -1.12. The lowest BCUT2D eigenvalue weighted by atomic mass is 10.1. The van der Waals surface area contributed by atoms with E-state index < -0.39 is 22.0 Å². The van der Waals surface area contributed by atoms with E-state index in [0.29, 0.717) is 17.0 Å². The minimum atomic E-state index is -4.19. The van der Waals surface area contributed by atoms with Gasteiger partial charge in [-0.3, -0.25) is 9.69 Å². The summed E-state index contributed by atoms with van der Waals surface area (Å²) in [6, 6.07) is 17.4. The van der Waals surface area contributed by atoms with Crippen molar-refractivity contribution in [3.63, 3.8) is 0 Å². The van der Waals surface area contributed by atoms with Crippen LogP contribution in [-0.4, -0.2) is 38.8 Å². The van der Waals surface area contributed by atoms with E-state index in [4.69, 9.17) is 10.5 Å². The number of urea groups is 1. The highest BCUT2D eigenvalue weighted by Crippen LogP contribution is 2.35. The molecular weight excluding hydrogens is 456 g/mol. The maximum absolute atomic E-state index is 13.4. The van der Waals surface area contributed by atoms with Crippen molar-refractivity contribution in [2.45, 2.75) is 18.0 Å². The summed E-state index contributed by atoms with van der Waals surface area (Å²) >= 11 is 0. The fraction of sp³-hybridized carbons (Fsp3) is 0.167. The van der Waals surface area contributed by atoms with E-state index in [9.17, 15) is 18.0 Å². The summed E-state index contributed by atoms with van der Waals surface area (Å²) in [5.74, 6) is 0.274. The Morgan fingerprint density at radius 1 is 1.00 bits per heavy atom. The molecule has 3 aromatic carbocycles. The number of benzene rings is 3. The predicted octanol–water partition coefficient (Wildman–Crippen LogP) is 2.97. The van der Waals surface area contributed by atoms with Crippen molar-refractivity contribution in [3.05, 3.63) is 83.4 Å². The third-order valence-corrected chi connectivity index (χ3v) is 7.32. The number of nitrogens with zero attached hydrogens (tertiary/aromatic N) is 2. The highest BCUT2D eigenvalue weighted by Gasteiger charge is 2.40. The molecule has 0 saturated carbocycles. The summed E-state index contributed by atoms with van der Waals surface area (Å²) in [4.78, 5) is 26.8. The van der Waals surface area contributed by atoms with Crippen LogP contribution in [0.3, 0.4) is 0 Å². The molecule has 0 radical (unpaired) electrons. The van der Waals surface area contributed by atoms with Crippen LogP contribution in [0.25, 0.3) is 0 Å². The summed E-state index contributed by atoms with van der Waals surface area (Å²) < 4.78 is 32.6. The molecule has 34 heavy (non-hydrogen) atoms. The molecule has 3 amide bonds. The second-order valence-electron chi connectivity index (χ2n) is 7.81. The SMILES string of the molecule is COc1ccc(CNC(=O)c2ccc3c(c2)S(=O)(=O)N(Cc2ccc(N)cc2)C(=O)N3C)cc1. The first kappa shape index (κ1) is 23.1. The van der Waals surface area contributed by atoms with E-state index in [1.165, 1.54) is 30.1 Å². The molecule has 1 aliphatic heterocycles. The number of sulfonamides is 1. The molecule has 3 N–H and O–H groups in total. The minimum Gasteiger partial charge on any atom is -0.497 e. The van der Waals surface area contributed by atoms with E-state index in [-0.39, 0.29) is 29.2 Å². The van der Waals surface area contributed by atoms with Crippen molar-refractivity contribution in [2.75, 3.05) is 24.8 Å². The molecule has 1 heterocycles. The normalized spacial score (nSPS) is 14.5. The Labute approximate surface area is 197 Å². The Kier molecular flexibility index (Phi) is 6.16. The molecule has 1 aliphatic rings. The quantitative estimate of drug-likeness (QED) is 0.523. The molecule has 0 unspecified atom stereocenters. The summed E-state index contributed by atoms with van der Waals surface area (Å²) in [5, 5.41) is 2.78. The number of nitrogen functional groups attached to an aromatic ring is 1. The van der Waals surface area contributed by atoms with Crippen LogP contribution in [0, 0.1) is 0 Å². The van der Waals surface area contributed by atoms with Crippen LogP contribution in [0.15, 0.2) is 71.6 Å². The molecule has 3 aromatic rings. The van der Waals surface area contributed by atoms with Gasteiger partial charge in [-0.15, -0.1) is 0 Å². The standard InChI is InChI=1S/C24H24N4O5S/c1-27-21-12-7-18(23(29)26-14-16-5-10-20(33-2)11-6-16)13-22(21)34(31,32)28(24(27)30)15-17-3-8-19(25)9-4-17/h3-13H,14-15,25H2,1-2H3,(H,26,29). The van der Waals surface area contributed by atoms with E-state index in [0.717, 1.165) is 9.87 Å². The Morgan fingerprint density at radius 3 is 2.29 bits per heavy atom. The molecule has 0 atom stereocenters. The Hall–Kier alpha value is -4.05. The highest BCUT2D eigenvalue weighted by molar-refractivity contribution is 7.90. The molecule has 10 heteroatoms. The molecule has 4 rings (SSSR count). The number of methoxy groups -OCH3 is 1. The van der Waals surface area contributed by atoms with E-state index in [1.807, 2.05) is 12.1 Å². The van der Waals surface area contributed by atoms with Gasteiger partial charge in [-0.2, -0.15) is 0 Å². The smallest absolute Gasteiger partial charge is 0.338 e. The van der Waals surface area contributed by atoms with Crippen LogP contribution in [0.2, 0.25) is 0 Å². The number of anilines is 2. The van der Waals surface area contributed by atoms with Crippen molar-refractivity contribution in [2.24, 2.45) is 0 Å². The Balaban J connectivity index is 1.58. The number of rotatable bonds is 6. The topological polar surface area (TPSA) is 122 Å². The second kappa shape index (κ2) is 9.06. The van der Waals surface area contributed by atoms with Gasteiger partial charge in [-0.05, 0) is 53.6 Å². The van der Waals surface area contributed by atoms with Crippen molar-refractivity contribution < 1.29 is 22.7 Å². The number of hydrogen-bond donors (Lipinski definition) is 2. The van der Waals surface area contributed by atoms with Crippen molar-refractivity contribution >= 4 is 33.3 Å². The summed E-state index contributed by atoms with van der Waals surface area (Å²) in [6.07, 6.45) is 0. The first-order chi connectivity index (χ1) is 16.2. The monoisotopic (exact) mass is 480 g/mol. The van der Waals surface area contributed by atoms with Gasteiger partial charge in [0.15, 0.2) is 0 Å². The predicted molar refractivity (Wildman–Crippen MR) is 128 cm³/mol. The third-order valence-electron chi connectivity index (χ3n) is 5.57. The van der Waals surface area contributed by atoms with Crippen molar-refractivity contribution in [1.29, 1.82) is 0 Å². The number of nitrogens with one attached hydrogen (secondary N) is 1. The maximum atomic E-state index is 13.4. The summed E-state index contributed by atoms with van der Waals surface area (Å²) in [6.45, 7) is 0.105. The molecule has 0 aromatic heterocycles. The number of amides is 3. The average molecular weight is 481 g/mol. The number of hydrogen-bond acceptors (Lipinski definition) is 6. The lowest BCUT2D eigenvalue weighted by Gasteiger charge is -2.34. The first-order valence-corrected chi connectivity index (χ1v) is 11.8. The van der Waals surface area contributed by atoms with Crippen LogP contribution in [0.5, 0.6) is 5.75 Å². The number of ether oxygens (including phenoxy) is 1. The zero-order valence-electron chi connectivity index (χ0n) is 18.7. The third kappa shape index (κ3) is 4.40. The fourth-order valence-corrected chi connectivity index (χ4v) is 5.23. The van der Waals surface area contributed by atoms with Gasteiger partial charge in [0.2, 0.25) is 0 Å². The van der Waals surface area contributed by atoms with Gasteiger partial charge >= 0.3 is 6.03 Å². The fourth-order valence-electron chi connectivity index (χ4n) is 3.60. The molecular formula is C24H24N4O5S. The molecule has 9 nitrogen and oxygen atoms in total. The largest absolute Gasteiger partial charge is 0.497 e. The minimum absolute atomic E-state index is 0.109. The van der Waals surface area contributed by atoms with Gasteiger partial charge in [-0.1, -0.05) is 24.3 Å². The van der Waals surface area contributed by atoms with Crippen LogP contribution in [0.1, 0.15) is 21.5 Å². The summed E-state index contributed by atoms with van der Waals surface area (Å²) in [5.41, 5.74) is 8.08.